The Kier molecular flexibility index (Phi) is 422. The van der Waals surface area contributed by atoms with Crippen molar-refractivity contribution < 1.29 is 34.0 Å². The first-order valence-electron chi connectivity index (χ1n) is 0. The zero-order valence-electron chi connectivity index (χ0n) is 2.33. The summed E-state index contributed by atoms with van der Waals surface area (Å²) in [7, 11) is 0. The molecule has 0 saturated carbocycles. The number of rotatable bonds is 0. The number of hydrogen-bond donors (Lipinski definition) is 1. The fourth-order valence-electron chi connectivity index (χ4n) is 0. The largest absolute Gasteiger partial charge is 1.00 e. The van der Waals surface area contributed by atoms with Crippen LogP contribution < -0.4 is 40.1 Å². The van der Waals surface area contributed by atoms with Crippen LogP contribution in [0.2, 0.25) is 0 Å². The van der Waals surface area contributed by atoms with E-state index in [0.717, 1.165) is 0 Å². The van der Waals surface area contributed by atoms with Crippen molar-refractivity contribution in [2.75, 3.05) is 0 Å². The van der Waals surface area contributed by atoms with Crippen LogP contribution in [0.25, 0.3) is 0 Å². The van der Waals surface area contributed by atoms with Crippen molar-refractivity contribution in [2.24, 2.45) is 0 Å². The zero-order chi connectivity index (χ0) is 0. The first-order chi connectivity index (χ1) is 0. The average molecular weight is 213 g/mol. The van der Waals surface area contributed by atoms with E-state index in [1.807, 2.05) is 0 Å². The van der Waals surface area contributed by atoms with Gasteiger partial charge in [0.25, 0.3) is 0 Å². The van der Waals surface area contributed by atoms with E-state index in [2.05, 4.69) is 0 Å². The monoisotopic (exact) mass is 211 g/mol. The van der Waals surface area contributed by atoms with E-state index in [1.165, 1.54) is 0 Å². The molecule has 0 radical (unpaired) electrons. The van der Waals surface area contributed by atoms with Gasteiger partial charge in [0.05, 0.1) is 0 Å². The van der Waals surface area contributed by atoms with Crippen LogP contribution in [-0.2, 0) is 13.5 Å². The molecule has 32 valence electrons. The van der Waals surface area contributed by atoms with E-state index in [1.54, 1.807) is 0 Å². The summed E-state index contributed by atoms with van der Waals surface area (Å²) < 4.78 is 0. The van der Waals surface area contributed by atoms with Gasteiger partial charge >= 0.3 is 0 Å². The molecule has 0 aliphatic carbocycles. The van der Waals surface area contributed by atoms with Crippen molar-refractivity contribution in [1.82, 2.24) is 6.15 Å². The minimum absolute atomic E-state index is 0. The van der Waals surface area contributed by atoms with Gasteiger partial charge in [0.15, 0.2) is 0 Å². The smallest absolute Gasteiger partial charge is 0.0576 e. The highest BCUT2D eigenvalue weighted by Crippen LogP contribution is -0.00240. The van der Waals surface area contributed by atoms with Gasteiger partial charge in [-0.25, -0.2) is 0 Å². The predicted molar refractivity (Wildman–Crippen MR) is 17.5 cm³/mol. The molecule has 0 bridgehead atoms. The van der Waals surface area contributed by atoms with Crippen LogP contribution in [0.1, 0.15) is 0 Å². The number of quaternary nitrogens is 1. The van der Waals surface area contributed by atoms with Crippen LogP contribution in [0.3, 0.4) is 0 Å². The Balaban J connectivity index is 0. The Morgan fingerprint density at radius 1 is 0.750 bits per heavy atom. The minimum Gasteiger partial charge on any atom is -1.00 e. The summed E-state index contributed by atoms with van der Waals surface area (Å²) in [6, 6.07) is 0. The third-order valence-corrected chi connectivity index (χ3v) is 0. The third-order valence-electron chi connectivity index (χ3n) is 0. The van der Waals surface area contributed by atoms with E-state index in [4.69, 9.17) is 0 Å². The summed E-state index contributed by atoms with van der Waals surface area (Å²) in [4.78, 5) is 0. The van der Waals surface area contributed by atoms with Crippen molar-refractivity contribution in [3.63, 3.8) is 0 Å². The molecule has 0 heterocycles. The van der Waals surface area contributed by atoms with Crippen molar-refractivity contribution in [1.29, 1.82) is 0 Å². The zero-order valence-corrected chi connectivity index (χ0v) is 6.66. The van der Waals surface area contributed by atoms with Gasteiger partial charge in [-0.1, -0.05) is 13.5 Å². The number of hydrogen-bond acceptors (Lipinski definition) is 0. The van der Waals surface area contributed by atoms with Gasteiger partial charge in [-0.15, -0.1) is 0 Å². The van der Waals surface area contributed by atoms with Crippen molar-refractivity contribution in [3.8, 4) is 0 Å². The summed E-state index contributed by atoms with van der Waals surface area (Å²) in [6.07, 6.45) is 0. The molecule has 4 heteroatoms. The van der Waals surface area contributed by atoms with Gasteiger partial charge in [-0.3, -0.25) is 0 Å². The molecular weight excluding hydrogens is 206 g/mol. The maximum Gasteiger partial charge on any atom is -0.0576 e. The lowest BCUT2D eigenvalue weighted by Gasteiger charge is -1.00. The van der Waals surface area contributed by atoms with Crippen molar-refractivity contribution >= 4 is 13.5 Å². The SMILES string of the molecule is [Br-].[Br-].[NH4+].[SH3+]. The molecular formula is H7Br2NS. The molecule has 0 spiro atoms. The number of halogens is 2. The summed E-state index contributed by atoms with van der Waals surface area (Å²) in [5.41, 5.74) is 0. The Morgan fingerprint density at radius 2 is 0.750 bits per heavy atom. The quantitative estimate of drug-likeness (QED) is 0.388. The van der Waals surface area contributed by atoms with Gasteiger partial charge in [0.2, 0.25) is 0 Å². The topological polar surface area (TPSA) is 36.5 Å². The molecule has 0 atom stereocenters. The molecule has 4 N–H and O–H groups in total. The Labute approximate surface area is 53.7 Å². The highest BCUT2D eigenvalue weighted by molar-refractivity contribution is 7.37. The summed E-state index contributed by atoms with van der Waals surface area (Å²) in [6.45, 7) is 0. The third kappa shape index (κ3) is 10.4. The normalized spacial score (nSPS) is 0. The van der Waals surface area contributed by atoms with Gasteiger partial charge < -0.3 is 40.1 Å². The first-order valence-corrected chi connectivity index (χ1v) is 0. The second kappa shape index (κ2) is 28.3. The van der Waals surface area contributed by atoms with Crippen LogP contribution in [-0.4, -0.2) is 0 Å². The molecule has 0 rings (SSSR count). The predicted octanol–water partition coefficient (Wildman–Crippen LogP) is -6.42. The van der Waals surface area contributed by atoms with Crippen LogP contribution in [0, 0.1) is 0 Å². The highest BCUT2D eigenvalue weighted by atomic mass is 79.9. The minimum atomic E-state index is 0. The Hall–Kier alpha value is 1.27. The molecule has 0 aromatic heterocycles. The first kappa shape index (κ1) is 59.6. The lowest BCUT2D eigenvalue weighted by atomic mass is 14.0. The molecule has 0 unspecified atom stereocenters. The van der Waals surface area contributed by atoms with Gasteiger partial charge in [0, 0.05) is 0 Å². The molecule has 0 saturated heterocycles. The van der Waals surface area contributed by atoms with Gasteiger partial charge in [-0.05, 0) is 0 Å². The lowest BCUT2D eigenvalue weighted by molar-refractivity contribution is -0.00100. The lowest BCUT2D eigenvalue weighted by Crippen LogP contribution is -3.00. The summed E-state index contributed by atoms with van der Waals surface area (Å²) in [5.74, 6) is 0. The standard InChI is InChI=1S/2BrH.H3N.H2S/h2*1H;1H3;1H2. The van der Waals surface area contributed by atoms with E-state index in [-0.39, 0.29) is 53.6 Å². The fourth-order valence-corrected chi connectivity index (χ4v) is 0. The molecule has 0 aliphatic rings. The Morgan fingerprint density at radius 3 is 0.750 bits per heavy atom. The van der Waals surface area contributed by atoms with E-state index < -0.39 is 0 Å². The molecule has 1 nitrogen and oxygen atoms in total. The second-order valence-corrected chi connectivity index (χ2v) is 0. The van der Waals surface area contributed by atoms with Crippen LogP contribution in [0.5, 0.6) is 0 Å². The van der Waals surface area contributed by atoms with Crippen LogP contribution in [0.15, 0.2) is 0 Å². The maximum absolute atomic E-state index is 0. The molecule has 4 heavy (non-hydrogen) atoms. The van der Waals surface area contributed by atoms with E-state index in [0.29, 0.717) is 0 Å². The van der Waals surface area contributed by atoms with Gasteiger partial charge in [0.1, 0.15) is 0 Å². The summed E-state index contributed by atoms with van der Waals surface area (Å²) >= 11 is 0. The molecule has 0 aromatic rings. The van der Waals surface area contributed by atoms with Crippen molar-refractivity contribution in [3.05, 3.63) is 0 Å². The highest BCUT2D eigenvalue weighted by Gasteiger charge is -0.0576. The molecule has 0 fully saturated rings. The van der Waals surface area contributed by atoms with E-state index in [9.17, 15) is 0 Å². The fraction of sp³-hybridized carbons (Fsp3) is 0. The van der Waals surface area contributed by atoms with Gasteiger partial charge in [-0.2, -0.15) is 0 Å². The summed E-state index contributed by atoms with van der Waals surface area (Å²) in [5, 5.41) is 0. The Bertz CT molecular complexity index is 6.00. The van der Waals surface area contributed by atoms with Crippen LogP contribution in [0.4, 0.5) is 0 Å². The van der Waals surface area contributed by atoms with E-state index >= 15 is 0 Å². The molecule has 0 aliphatic heterocycles. The van der Waals surface area contributed by atoms with Crippen LogP contribution >= 0.6 is 0 Å². The molecule has 0 aromatic carbocycles. The van der Waals surface area contributed by atoms with Crippen molar-refractivity contribution in [2.45, 2.75) is 0 Å². The second-order valence-electron chi connectivity index (χ2n) is 0. The maximum atomic E-state index is 0. The average Bonchev–Trinajstić information content (AvgIpc) is 0. The molecule has 0 amide bonds.